The zero-order chi connectivity index (χ0) is 11.6. The van der Waals surface area contributed by atoms with Crippen LogP contribution in [0.3, 0.4) is 0 Å². The third-order valence-corrected chi connectivity index (χ3v) is 4.03. The van der Waals surface area contributed by atoms with Gasteiger partial charge in [-0.25, -0.2) is 0 Å². The molecule has 1 aliphatic carbocycles. The van der Waals surface area contributed by atoms with E-state index in [2.05, 4.69) is 17.6 Å². The predicted molar refractivity (Wildman–Crippen MR) is 65.2 cm³/mol. The summed E-state index contributed by atoms with van der Waals surface area (Å²) >= 11 is 0. The minimum absolute atomic E-state index is 0.129. The van der Waals surface area contributed by atoms with Gasteiger partial charge in [0.25, 0.3) is 0 Å². The Kier molecular flexibility index (Phi) is 3.33. The van der Waals surface area contributed by atoms with Crippen molar-refractivity contribution in [2.75, 3.05) is 19.6 Å². The van der Waals surface area contributed by atoms with Crippen LogP contribution in [0.4, 0.5) is 0 Å². The van der Waals surface area contributed by atoms with Crippen LogP contribution in [-0.4, -0.2) is 25.5 Å². The van der Waals surface area contributed by atoms with E-state index in [4.69, 9.17) is 0 Å². The van der Waals surface area contributed by atoms with Crippen molar-refractivity contribution in [1.82, 2.24) is 10.6 Å². The van der Waals surface area contributed by atoms with Crippen LogP contribution in [0.1, 0.15) is 39.5 Å². The van der Waals surface area contributed by atoms with Gasteiger partial charge in [-0.1, -0.05) is 19.8 Å². The van der Waals surface area contributed by atoms with Crippen molar-refractivity contribution in [2.24, 2.45) is 5.41 Å². The topological polar surface area (TPSA) is 41.1 Å². The predicted octanol–water partition coefficient (Wildman–Crippen LogP) is 1.60. The second kappa shape index (κ2) is 4.58. The standard InChI is InChI=1S/C13H22N2O/c1-10(11-7-14-8-11)12(16)15-9-13(2)5-3-4-6-13/h14H,3-9H2,1-2H3,(H,15,16). The summed E-state index contributed by atoms with van der Waals surface area (Å²) in [6, 6.07) is 0. The number of hydrogen-bond acceptors (Lipinski definition) is 2. The van der Waals surface area contributed by atoms with E-state index in [9.17, 15) is 4.79 Å². The molecule has 1 saturated carbocycles. The number of carbonyl (C=O) groups excluding carboxylic acids is 1. The quantitative estimate of drug-likeness (QED) is 0.712. The largest absolute Gasteiger partial charge is 0.352 e. The van der Waals surface area contributed by atoms with Gasteiger partial charge in [0.05, 0.1) is 0 Å². The highest BCUT2D eigenvalue weighted by atomic mass is 16.1. The smallest absolute Gasteiger partial charge is 0.246 e. The average molecular weight is 222 g/mol. The Morgan fingerprint density at radius 1 is 1.38 bits per heavy atom. The van der Waals surface area contributed by atoms with Gasteiger partial charge in [-0.05, 0) is 30.8 Å². The highest BCUT2D eigenvalue weighted by molar-refractivity contribution is 5.93. The lowest BCUT2D eigenvalue weighted by atomic mass is 9.89. The average Bonchev–Trinajstić information content (AvgIpc) is 2.59. The van der Waals surface area contributed by atoms with Crippen LogP contribution in [0.25, 0.3) is 0 Å². The van der Waals surface area contributed by atoms with Gasteiger partial charge >= 0.3 is 0 Å². The summed E-state index contributed by atoms with van der Waals surface area (Å²) < 4.78 is 0. The van der Waals surface area contributed by atoms with E-state index in [0.717, 1.165) is 25.2 Å². The van der Waals surface area contributed by atoms with Gasteiger partial charge in [-0.15, -0.1) is 0 Å². The van der Waals surface area contributed by atoms with Crippen LogP contribution in [0.2, 0.25) is 0 Å². The zero-order valence-corrected chi connectivity index (χ0v) is 10.4. The van der Waals surface area contributed by atoms with E-state index in [1.54, 1.807) is 0 Å². The Morgan fingerprint density at radius 2 is 2.00 bits per heavy atom. The fraction of sp³-hybridized carbons (Fsp3) is 0.769. The SMILES string of the molecule is CC(C(=O)NCC1(C)CCCC1)=C1CNC1. The van der Waals surface area contributed by atoms with E-state index in [0.29, 0.717) is 5.41 Å². The molecule has 0 bridgehead atoms. The van der Waals surface area contributed by atoms with Gasteiger partial charge in [0.1, 0.15) is 0 Å². The van der Waals surface area contributed by atoms with Crippen molar-refractivity contribution < 1.29 is 4.79 Å². The van der Waals surface area contributed by atoms with E-state index in [1.165, 1.54) is 31.3 Å². The summed E-state index contributed by atoms with van der Waals surface area (Å²) in [7, 11) is 0. The number of carbonyl (C=O) groups is 1. The molecule has 16 heavy (non-hydrogen) atoms. The summed E-state index contributed by atoms with van der Waals surface area (Å²) in [5.41, 5.74) is 2.52. The van der Waals surface area contributed by atoms with Crippen molar-refractivity contribution in [3.05, 3.63) is 11.1 Å². The third-order valence-electron chi connectivity index (χ3n) is 4.03. The number of amides is 1. The third kappa shape index (κ3) is 2.46. The molecule has 0 radical (unpaired) electrons. The minimum atomic E-state index is 0.129. The molecule has 0 aromatic rings. The Bertz CT molecular complexity index is 308. The van der Waals surface area contributed by atoms with Gasteiger partial charge in [0.2, 0.25) is 5.91 Å². The lowest BCUT2D eigenvalue weighted by Crippen LogP contribution is -2.39. The molecule has 2 fully saturated rings. The highest BCUT2D eigenvalue weighted by Crippen LogP contribution is 2.36. The van der Waals surface area contributed by atoms with Crippen LogP contribution < -0.4 is 10.6 Å². The van der Waals surface area contributed by atoms with E-state index < -0.39 is 0 Å². The van der Waals surface area contributed by atoms with Crippen LogP contribution >= 0.6 is 0 Å². The Morgan fingerprint density at radius 3 is 2.50 bits per heavy atom. The van der Waals surface area contributed by atoms with Crippen LogP contribution in [-0.2, 0) is 4.79 Å². The van der Waals surface area contributed by atoms with Gasteiger partial charge in [0.15, 0.2) is 0 Å². The molecule has 0 unspecified atom stereocenters. The molecular formula is C13H22N2O. The first-order valence-electron chi connectivity index (χ1n) is 6.28. The zero-order valence-electron chi connectivity index (χ0n) is 10.4. The molecule has 2 N–H and O–H groups in total. The van der Waals surface area contributed by atoms with Crippen molar-refractivity contribution in [1.29, 1.82) is 0 Å². The molecule has 1 amide bonds. The normalized spacial score (nSPS) is 22.8. The van der Waals surface area contributed by atoms with E-state index in [1.807, 2.05) is 6.92 Å². The number of nitrogens with one attached hydrogen (secondary N) is 2. The molecule has 2 rings (SSSR count). The molecule has 1 saturated heterocycles. The van der Waals surface area contributed by atoms with Crippen molar-refractivity contribution >= 4 is 5.91 Å². The fourth-order valence-electron chi connectivity index (χ4n) is 2.51. The van der Waals surface area contributed by atoms with Gasteiger partial charge in [-0.3, -0.25) is 4.79 Å². The monoisotopic (exact) mass is 222 g/mol. The first-order chi connectivity index (χ1) is 7.61. The first kappa shape index (κ1) is 11.6. The summed E-state index contributed by atoms with van der Waals surface area (Å²) in [6.45, 7) is 6.83. The lowest BCUT2D eigenvalue weighted by Gasteiger charge is -2.25. The molecule has 1 heterocycles. The summed E-state index contributed by atoms with van der Waals surface area (Å²) in [5.74, 6) is 0.129. The maximum Gasteiger partial charge on any atom is 0.246 e. The maximum absolute atomic E-state index is 11.9. The van der Waals surface area contributed by atoms with E-state index in [-0.39, 0.29) is 5.91 Å². The molecule has 0 aromatic carbocycles. The van der Waals surface area contributed by atoms with Gasteiger partial charge in [-0.2, -0.15) is 0 Å². The number of hydrogen-bond donors (Lipinski definition) is 2. The molecule has 3 heteroatoms. The summed E-state index contributed by atoms with van der Waals surface area (Å²) in [6.07, 6.45) is 5.14. The Labute approximate surface area is 97.7 Å². The Hall–Kier alpha value is -0.830. The van der Waals surface area contributed by atoms with Crippen LogP contribution in [0.15, 0.2) is 11.1 Å². The first-order valence-corrected chi connectivity index (χ1v) is 6.28. The second-order valence-electron chi connectivity index (χ2n) is 5.53. The molecule has 2 aliphatic rings. The molecule has 0 spiro atoms. The molecule has 90 valence electrons. The molecule has 1 aliphatic heterocycles. The highest BCUT2D eigenvalue weighted by Gasteiger charge is 2.29. The van der Waals surface area contributed by atoms with Crippen molar-refractivity contribution in [3.8, 4) is 0 Å². The summed E-state index contributed by atoms with van der Waals surface area (Å²) in [5, 5.41) is 6.25. The number of rotatable bonds is 3. The minimum Gasteiger partial charge on any atom is -0.352 e. The van der Waals surface area contributed by atoms with E-state index >= 15 is 0 Å². The van der Waals surface area contributed by atoms with Crippen molar-refractivity contribution in [3.63, 3.8) is 0 Å². The molecule has 0 aromatic heterocycles. The van der Waals surface area contributed by atoms with Crippen LogP contribution in [0, 0.1) is 5.41 Å². The molecule has 3 nitrogen and oxygen atoms in total. The van der Waals surface area contributed by atoms with Crippen LogP contribution in [0.5, 0.6) is 0 Å². The molecule has 0 atom stereocenters. The Balaban J connectivity index is 1.83. The fourth-order valence-corrected chi connectivity index (χ4v) is 2.51. The lowest BCUT2D eigenvalue weighted by molar-refractivity contribution is -0.118. The van der Waals surface area contributed by atoms with Gasteiger partial charge in [0, 0.05) is 25.2 Å². The maximum atomic E-state index is 11.9. The summed E-state index contributed by atoms with van der Waals surface area (Å²) in [4.78, 5) is 11.9. The molecular weight excluding hydrogens is 200 g/mol. The van der Waals surface area contributed by atoms with Crippen molar-refractivity contribution in [2.45, 2.75) is 39.5 Å². The van der Waals surface area contributed by atoms with Gasteiger partial charge < -0.3 is 10.6 Å². The second-order valence-corrected chi connectivity index (χ2v) is 5.53.